The van der Waals surface area contributed by atoms with Crippen LogP contribution in [-0.4, -0.2) is 51.6 Å². The molecule has 0 saturated carbocycles. The zero-order valence-corrected chi connectivity index (χ0v) is 18.1. The summed E-state index contributed by atoms with van der Waals surface area (Å²) in [6.45, 7) is 3.45. The zero-order chi connectivity index (χ0) is 23.2. The minimum Gasteiger partial charge on any atom is -0.504 e. The Morgan fingerprint density at radius 2 is 1.81 bits per heavy atom. The molecule has 0 aromatic heterocycles. The Kier molecular flexibility index (Phi) is 5.42. The number of aromatic hydroxyl groups is 1. The molecular weight excluding hydrogens is 412 g/mol. The van der Waals surface area contributed by atoms with Crippen LogP contribution in [-0.2, 0) is 20.8 Å². The second-order valence-corrected chi connectivity index (χ2v) is 8.60. The molecule has 4 rings (SSSR count). The van der Waals surface area contributed by atoms with Crippen LogP contribution in [0.4, 0.5) is 0 Å². The smallest absolute Gasteiger partial charge is 0.325 e. The van der Waals surface area contributed by atoms with E-state index in [1.54, 1.807) is 56.3 Å². The first kappa shape index (κ1) is 21.8. The summed E-state index contributed by atoms with van der Waals surface area (Å²) < 4.78 is 5.20. The number of carboxylic acids is 1. The van der Waals surface area contributed by atoms with Crippen molar-refractivity contribution in [3.8, 4) is 11.5 Å². The molecule has 2 amide bonds. The SMILES string of the molecule is COc1cccc([C@@H]2N[C@](Cc3ccccc3)(C(=O)O)[C@@H]3C(=O)N(C(C)C)C(=O)[C@@H]32)c1O. The number of phenols is 1. The Balaban J connectivity index is 1.90. The van der Waals surface area contributed by atoms with Crippen LogP contribution in [0.2, 0.25) is 0 Å². The number of aliphatic carboxylic acids is 1. The summed E-state index contributed by atoms with van der Waals surface area (Å²) in [4.78, 5) is 40.8. The van der Waals surface area contributed by atoms with Crippen LogP contribution in [0.5, 0.6) is 11.5 Å². The number of ether oxygens (including phenoxy) is 1. The molecule has 2 saturated heterocycles. The molecule has 2 aromatic carbocycles. The third kappa shape index (κ3) is 3.14. The number of para-hydroxylation sites is 1. The molecule has 168 valence electrons. The number of carbonyl (C=O) groups excluding carboxylic acids is 2. The van der Waals surface area contributed by atoms with E-state index in [0.29, 0.717) is 5.56 Å². The van der Waals surface area contributed by atoms with Crippen molar-refractivity contribution in [2.75, 3.05) is 7.11 Å². The van der Waals surface area contributed by atoms with E-state index in [9.17, 15) is 24.6 Å². The van der Waals surface area contributed by atoms with Crippen LogP contribution >= 0.6 is 0 Å². The van der Waals surface area contributed by atoms with Gasteiger partial charge in [0.05, 0.1) is 18.9 Å². The molecular formula is C24H26N2O6. The van der Waals surface area contributed by atoms with Gasteiger partial charge >= 0.3 is 5.97 Å². The fourth-order valence-corrected chi connectivity index (χ4v) is 5.11. The van der Waals surface area contributed by atoms with Gasteiger partial charge in [-0.3, -0.25) is 24.6 Å². The summed E-state index contributed by atoms with van der Waals surface area (Å²) in [7, 11) is 1.41. The number of amides is 2. The Morgan fingerprint density at radius 3 is 2.41 bits per heavy atom. The van der Waals surface area contributed by atoms with E-state index in [2.05, 4.69) is 5.32 Å². The predicted octanol–water partition coefficient (Wildman–Crippen LogP) is 2.12. The summed E-state index contributed by atoms with van der Waals surface area (Å²) in [6.07, 6.45) is 0.0104. The lowest BCUT2D eigenvalue weighted by molar-refractivity contribution is -0.152. The number of phenolic OH excluding ortho intramolecular Hbond substituents is 1. The van der Waals surface area contributed by atoms with Crippen molar-refractivity contribution in [3.05, 3.63) is 59.7 Å². The number of nitrogens with one attached hydrogen (secondary N) is 1. The molecule has 32 heavy (non-hydrogen) atoms. The highest BCUT2D eigenvalue weighted by Crippen LogP contribution is 2.52. The average molecular weight is 438 g/mol. The lowest BCUT2D eigenvalue weighted by Crippen LogP contribution is -2.57. The summed E-state index contributed by atoms with van der Waals surface area (Å²) in [5.74, 6) is -4.23. The quantitative estimate of drug-likeness (QED) is 0.592. The maximum absolute atomic E-state index is 13.4. The van der Waals surface area contributed by atoms with Crippen LogP contribution in [0, 0.1) is 11.8 Å². The van der Waals surface area contributed by atoms with Gasteiger partial charge in [0, 0.05) is 24.1 Å². The highest BCUT2D eigenvalue weighted by atomic mass is 16.5. The van der Waals surface area contributed by atoms with Crippen molar-refractivity contribution < 1.29 is 29.3 Å². The van der Waals surface area contributed by atoms with Gasteiger partial charge in [-0.15, -0.1) is 0 Å². The number of hydrogen-bond acceptors (Lipinski definition) is 6. The van der Waals surface area contributed by atoms with Gasteiger partial charge in [0.25, 0.3) is 0 Å². The fraction of sp³-hybridized carbons (Fsp3) is 0.375. The lowest BCUT2D eigenvalue weighted by Gasteiger charge is -2.32. The maximum Gasteiger partial charge on any atom is 0.325 e. The molecule has 2 aliphatic heterocycles. The van der Waals surface area contributed by atoms with E-state index in [1.807, 2.05) is 6.07 Å². The average Bonchev–Trinajstić information content (AvgIpc) is 3.23. The van der Waals surface area contributed by atoms with Gasteiger partial charge < -0.3 is 14.9 Å². The number of carboxylic acid groups (broad SMARTS) is 1. The standard InChI is InChI=1S/C24H26N2O6/c1-13(2)26-21(28)17-18(22(26)29)24(23(30)31,12-14-8-5-4-6-9-14)25-19(17)15-10-7-11-16(32-3)20(15)27/h4-11,13,17-19,25,27H,12H2,1-3H3,(H,30,31)/t17-,18-,19-,24-/m0/s1. The van der Waals surface area contributed by atoms with Crippen molar-refractivity contribution in [2.24, 2.45) is 11.8 Å². The molecule has 0 bridgehead atoms. The van der Waals surface area contributed by atoms with E-state index in [4.69, 9.17) is 4.74 Å². The number of rotatable bonds is 6. The first-order chi connectivity index (χ1) is 15.2. The minimum atomic E-state index is -1.72. The van der Waals surface area contributed by atoms with Crippen molar-refractivity contribution in [1.82, 2.24) is 10.2 Å². The molecule has 4 atom stereocenters. The number of nitrogens with zero attached hydrogens (tertiary/aromatic N) is 1. The maximum atomic E-state index is 13.4. The Bertz CT molecular complexity index is 1070. The third-order valence-corrected chi connectivity index (χ3v) is 6.50. The van der Waals surface area contributed by atoms with Crippen molar-refractivity contribution in [2.45, 2.75) is 37.9 Å². The van der Waals surface area contributed by atoms with Gasteiger partial charge in [-0.25, -0.2) is 0 Å². The predicted molar refractivity (Wildman–Crippen MR) is 115 cm³/mol. The van der Waals surface area contributed by atoms with Gasteiger partial charge in [-0.2, -0.15) is 0 Å². The fourth-order valence-electron chi connectivity index (χ4n) is 5.11. The highest BCUT2D eigenvalue weighted by molar-refractivity contribution is 6.09. The molecule has 2 heterocycles. The topological polar surface area (TPSA) is 116 Å². The van der Waals surface area contributed by atoms with Gasteiger partial charge in [0.1, 0.15) is 5.54 Å². The largest absolute Gasteiger partial charge is 0.504 e. The first-order valence-electron chi connectivity index (χ1n) is 10.5. The Morgan fingerprint density at radius 1 is 1.12 bits per heavy atom. The molecule has 3 N–H and O–H groups in total. The van der Waals surface area contributed by atoms with Gasteiger partial charge in [-0.1, -0.05) is 42.5 Å². The molecule has 0 spiro atoms. The van der Waals surface area contributed by atoms with E-state index in [-0.39, 0.29) is 17.9 Å². The number of imide groups is 1. The van der Waals surface area contributed by atoms with E-state index in [0.717, 1.165) is 10.5 Å². The Hall–Kier alpha value is -3.39. The number of fused-ring (bicyclic) bond motifs is 1. The molecule has 0 unspecified atom stereocenters. The molecule has 2 aromatic rings. The summed E-state index contributed by atoms with van der Waals surface area (Å²) >= 11 is 0. The van der Waals surface area contributed by atoms with Crippen LogP contribution in [0.1, 0.15) is 31.0 Å². The molecule has 2 aliphatic rings. The number of benzene rings is 2. The van der Waals surface area contributed by atoms with Crippen LogP contribution in [0.3, 0.4) is 0 Å². The first-order valence-corrected chi connectivity index (χ1v) is 10.5. The number of hydrogen-bond donors (Lipinski definition) is 3. The number of likely N-dealkylation sites (tertiary alicyclic amines) is 1. The summed E-state index contributed by atoms with van der Waals surface area (Å²) in [6, 6.07) is 12.5. The summed E-state index contributed by atoms with van der Waals surface area (Å²) in [5.41, 5.74) is -0.676. The molecule has 8 heteroatoms. The monoisotopic (exact) mass is 438 g/mol. The van der Waals surface area contributed by atoms with E-state index in [1.165, 1.54) is 7.11 Å². The third-order valence-electron chi connectivity index (χ3n) is 6.50. The second kappa shape index (κ2) is 7.94. The molecule has 0 radical (unpaired) electrons. The van der Waals surface area contributed by atoms with Gasteiger partial charge in [0.15, 0.2) is 11.5 Å². The van der Waals surface area contributed by atoms with Gasteiger partial charge in [-0.05, 0) is 25.5 Å². The highest BCUT2D eigenvalue weighted by Gasteiger charge is 2.68. The van der Waals surface area contributed by atoms with Crippen LogP contribution < -0.4 is 10.1 Å². The van der Waals surface area contributed by atoms with Crippen LogP contribution in [0.25, 0.3) is 0 Å². The van der Waals surface area contributed by atoms with Crippen molar-refractivity contribution >= 4 is 17.8 Å². The van der Waals surface area contributed by atoms with Gasteiger partial charge in [0.2, 0.25) is 11.8 Å². The summed E-state index contributed by atoms with van der Waals surface area (Å²) in [5, 5.41) is 24.3. The number of carbonyl (C=O) groups is 3. The van der Waals surface area contributed by atoms with Crippen LogP contribution in [0.15, 0.2) is 48.5 Å². The van der Waals surface area contributed by atoms with E-state index >= 15 is 0 Å². The molecule has 2 fully saturated rings. The zero-order valence-electron chi connectivity index (χ0n) is 18.1. The minimum absolute atomic E-state index is 0.0104. The lowest BCUT2D eigenvalue weighted by atomic mass is 9.76. The number of methoxy groups -OCH3 is 1. The van der Waals surface area contributed by atoms with Crippen molar-refractivity contribution in [1.29, 1.82) is 0 Å². The molecule has 8 nitrogen and oxygen atoms in total. The second-order valence-electron chi connectivity index (χ2n) is 8.60. The normalized spacial score (nSPS) is 27.1. The van der Waals surface area contributed by atoms with Crippen molar-refractivity contribution in [3.63, 3.8) is 0 Å². The Labute approximate surface area is 185 Å². The molecule has 0 aliphatic carbocycles. The van der Waals surface area contributed by atoms with E-state index < -0.39 is 47.2 Å².